The average Bonchev–Trinajstić information content (AvgIpc) is 2.15. The summed E-state index contributed by atoms with van der Waals surface area (Å²) in [6, 6.07) is -0.250. The van der Waals surface area contributed by atoms with Crippen molar-refractivity contribution in [2.75, 3.05) is 6.54 Å². The molecule has 0 radical (unpaired) electrons. The molecule has 1 heterocycles. The largest absolute Gasteiger partial charge is 0.459 e. The maximum absolute atomic E-state index is 11.6. The van der Waals surface area contributed by atoms with Gasteiger partial charge in [0, 0.05) is 12.5 Å². The topological polar surface area (TPSA) is 55.4 Å². The summed E-state index contributed by atoms with van der Waals surface area (Å²) in [5.74, 6) is -0.171. The van der Waals surface area contributed by atoms with Crippen molar-refractivity contribution in [3.8, 4) is 0 Å². The van der Waals surface area contributed by atoms with Crippen LogP contribution in [0.5, 0.6) is 0 Å². The van der Waals surface area contributed by atoms with E-state index in [0.717, 1.165) is 12.7 Å². The van der Waals surface area contributed by atoms with E-state index in [2.05, 4.69) is 5.32 Å². The van der Waals surface area contributed by atoms with Gasteiger partial charge in [0.1, 0.15) is 17.9 Å². The van der Waals surface area contributed by atoms with Gasteiger partial charge in [0.05, 0.1) is 0 Å². The molecule has 0 aromatic rings. The maximum Gasteiger partial charge on any atom is 0.323 e. The van der Waals surface area contributed by atoms with E-state index in [1.54, 1.807) is 0 Å². The molecule has 0 aromatic heterocycles. The Bertz CT molecular complexity index is 237. The van der Waals surface area contributed by atoms with Crippen molar-refractivity contribution in [2.24, 2.45) is 5.92 Å². The third-order valence-corrected chi connectivity index (χ3v) is 2.34. The summed E-state index contributed by atoms with van der Waals surface area (Å²) in [5.41, 5.74) is -0.444. The zero-order valence-corrected chi connectivity index (χ0v) is 9.58. The Morgan fingerprint density at radius 2 is 2.07 bits per heavy atom. The molecule has 15 heavy (non-hydrogen) atoms. The van der Waals surface area contributed by atoms with Gasteiger partial charge in [-0.05, 0) is 33.6 Å². The summed E-state index contributed by atoms with van der Waals surface area (Å²) >= 11 is 0. The number of hydrogen-bond acceptors (Lipinski definition) is 4. The fourth-order valence-corrected chi connectivity index (χ4v) is 1.57. The minimum Gasteiger partial charge on any atom is -0.459 e. The van der Waals surface area contributed by atoms with Gasteiger partial charge in [-0.3, -0.25) is 4.79 Å². The maximum atomic E-state index is 11.6. The van der Waals surface area contributed by atoms with E-state index in [9.17, 15) is 9.59 Å². The van der Waals surface area contributed by atoms with Crippen molar-refractivity contribution in [3.05, 3.63) is 0 Å². The van der Waals surface area contributed by atoms with Gasteiger partial charge < -0.3 is 14.8 Å². The zero-order valence-electron chi connectivity index (χ0n) is 9.58. The molecular weight excluding hydrogens is 194 g/mol. The third-order valence-electron chi connectivity index (χ3n) is 2.34. The Hall–Kier alpha value is -0.900. The van der Waals surface area contributed by atoms with Crippen molar-refractivity contribution >= 4 is 12.3 Å². The van der Waals surface area contributed by atoms with E-state index in [4.69, 9.17) is 4.74 Å². The number of rotatable bonds is 2. The summed E-state index contributed by atoms with van der Waals surface area (Å²) in [6.07, 6.45) is 2.39. The van der Waals surface area contributed by atoms with E-state index < -0.39 is 5.60 Å². The van der Waals surface area contributed by atoms with E-state index in [1.165, 1.54) is 0 Å². The predicted octanol–water partition coefficient (Wildman–Crippen LogP) is 0.895. The lowest BCUT2D eigenvalue weighted by Crippen LogP contribution is -2.46. The Labute approximate surface area is 90.4 Å². The van der Waals surface area contributed by atoms with E-state index >= 15 is 0 Å². The molecule has 2 unspecified atom stereocenters. The SMILES string of the molecule is CC(C)(C)OC(=O)C1CCC(C=O)CN1. The van der Waals surface area contributed by atoms with Gasteiger partial charge in [0.25, 0.3) is 0 Å². The van der Waals surface area contributed by atoms with Gasteiger partial charge >= 0.3 is 5.97 Å². The van der Waals surface area contributed by atoms with Crippen molar-refractivity contribution in [1.29, 1.82) is 0 Å². The summed E-state index contributed by atoms with van der Waals surface area (Å²) in [4.78, 5) is 22.1. The lowest BCUT2D eigenvalue weighted by Gasteiger charge is -2.28. The van der Waals surface area contributed by atoms with Crippen LogP contribution in [0.4, 0.5) is 0 Å². The molecule has 1 fully saturated rings. The zero-order chi connectivity index (χ0) is 11.5. The predicted molar refractivity (Wildman–Crippen MR) is 56.4 cm³/mol. The molecule has 1 saturated heterocycles. The van der Waals surface area contributed by atoms with Gasteiger partial charge in [0.2, 0.25) is 0 Å². The minimum atomic E-state index is -0.444. The molecule has 0 bridgehead atoms. The van der Waals surface area contributed by atoms with Crippen molar-refractivity contribution in [3.63, 3.8) is 0 Å². The second-order valence-corrected chi connectivity index (χ2v) is 4.97. The van der Waals surface area contributed by atoms with Crippen LogP contribution >= 0.6 is 0 Å². The number of esters is 1. The van der Waals surface area contributed by atoms with Crippen LogP contribution in [0, 0.1) is 5.92 Å². The Balaban J connectivity index is 2.40. The minimum absolute atomic E-state index is 0.0451. The fourth-order valence-electron chi connectivity index (χ4n) is 1.57. The first-order valence-electron chi connectivity index (χ1n) is 5.34. The quantitative estimate of drug-likeness (QED) is 0.547. The number of nitrogens with one attached hydrogen (secondary N) is 1. The first-order chi connectivity index (χ1) is 6.92. The monoisotopic (exact) mass is 213 g/mol. The molecule has 1 aliphatic heterocycles. The lowest BCUT2D eigenvalue weighted by molar-refractivity contribution is -0.158. The Morgan fingerprint density at radius 1 is 1.40 bits per heavy atom. The summed E-state index contributed by atoms with van der Waals surface area (Å²) in [5, 5.41) is 3.04. The van der Waals surface area contributed by atoms with Gasteiger partial charge in [-0.2, -0.15) is 0 Å². The first-order valence-corrected chi connectivity index (χ1v) is 5.34. The second kappa shape index (κ2) is 4.75. The van der Waals surface area contributed by atoms with Crippen LogP contribution in [0.15, 0.2) is 0 Å². The molecule has 0 saturated carbocycles. The first kappa shape index (κ1) is 12.2. The highest BCUT2D eigenvalue weighted by Crippen LogP contribution is 2.16. The number of hydrogen-bond donors (Lipinski definition) is 1. The highest BCUT2D eigenvalue weighted by molar-refractivity contribution is 5.76. The normalized spacial score (nSPS) is 27.1. The molecule has 0 spiro atoms. The molecule has 1 rings (SSSR count). The molecular formula is C11H19NO3. The van der Waals surface area contributed by atoms with Crippen LogP contribution in [0.25, 0.3) is 0 Å². The Morgan fingerprint density at radius 3 is 2.47 bits per heavy atom. The fraction of sp³-hybridized carbons (Fsp3) is 0.818. The van der Waals surface area contributed by atoms with E-state index in [1.807, 2.05) is 20.8 Å². The van der Waals surface area contributed by atoms with Crippen LogP contribution in [0.3, 0.4) is 0 Å². The number of aldehydes is 1. The Kier molecular flexibility index (Phi) is 3.85. The summed E-state index contributed by atoms with van der Waals surface area (Å²) in [6.45, 7) is 6.12. The highest BCUT2D eigenvalue weighted by Gasteiger charge is 2.29. The van der Waals surface area contributed by atoms with Crippen LogP contribution < -0.4 is 5.32 Å². The third kappa shape index (κ3) is 4.00. The number of carbonyl (C=O) groups is 2. The van der Waals surface area contributed by atoms with Crippen LogP contribution in [-0.4, -0.2) is 30.4 Å². The molecule has 0 aromatic carbocycles. The van der Waals surface area contributed by atoms with Crippen molar-refractivity contribution in [1.82, 2.24) is 5.32 Å². The molecule has 1 aliphatic rings. The van der Waals surface area contributed by atoms with Gasteiger partial charge in [-0.25, -0.2) is 0 Å². The van der Waals surface area contributed by atoms with Gasteiger partial charge in [-0.15, -0.1) is 0 Å². The smallest absolute Gasteiger partial charge is 0.323 e. The van der Waals surface area contributed by atoms with E-state index in [-0.39, 0.29) is 17.9 Å². The van der Waals surface area contributed by atoms with Crippen molar-refractivity contribution in [2.45, 2.75) is 45.3 Å². The standard InChI is InChI=1S/C11H19NO3/c1-11(2,3)15-10(14)9-5-4-8(7-13)6-12-9/h7-9,12H,4-6H2,1-3H3. The number of piperidine rings is 1. The van der Waals surface area contributed by atoms with Gasteiger partial charge in [0.15, 0.2) is 0 Å². The molecule has 86 valence electrons. The second-order valence-electron chi connectivity index (χ2n) is 4.97. The van der Waals surface area contributed by atoms with Crippen LogP contribution in [0.1, 0.15) is 33.6 Å². The van der Waals surface area contributed by atoms with Crippen molar-refractivity contribution < 1.29 is 14.3 Å². The van der Waals surface area contributed by atoms with Gasteiger partial charge in [-0.1, -0.05) is 0 Å². The molecule has 2 atom stereocenters. The highest BCUT2D eigenvalue weighted by atomic mass is 16.6. The lowest BCUT2D eigenvalue weighted by atomic mass is 9.96. The summed E-state index contributed by atoms with van der Waals surface area (Å²) in [7, 11) is 0. The molecule has 1 N–H and O–H groups in total. The van der Waals surface area contributed by atoms with Crippen LogP contribution in [-0.2, 0) is 14.3 Å². The van der Waals surface area contributed by atoms with E-state index in [0.29, 0.717) is 13.0 Å². The molecule has 0 aliphatic carbocycles. The average molecular weight is 213 g/mol. The van der Waals surface area contributed by atoms with Crippen LogP contribution in [0.2, 0.25) is 0 Å². The molecule has 0 amide bonds. The molecule has 4 heteroatoms. The summed E-state index contributed by atoms with van der Waals surface area (Å²) < 4.78 is 5.26. The number of carbonyl (C=O) groups excluding carboxylic acids is 2. The number of ether oxygens (including phenoxy) is 1. The molecule has 4 nitrogen and oxygen atoms in total.